The Kier molecular flexibility index (Phi) is 5.37. The van der Waals surface area contributed by atoms with Crippen LogP contribution in [0.1, 0.15) is 26.7 Å². The van der Waals surface area contributed by atoms with Crippen LogP contribution in [0.15, 0.2) is 6.07 Å². The zero-order valence-electron chi connectivity index (χ0n) is 12.8. The molecule has 0 amide bonds. The number of benzene rings is 1. The van der Waals surface area contributed by atoms with Crippen molar-refractivity contribution in [2.45, 2.75) is 26.7 Å². The third kappa shape index (κ3) is 3.22. The van der Waals surface area contributed by atoms with Crippen molar-refractivity contribution in [1.29, 1.82) is 0 Å². The predicted molar refractivity (Wildman–Crippen MR) is 87.4 cm³/mol. The zero-order chi connectivity index (χ0) is 16.1. The first-order chi connectivity index (χ1) is 10.6. The number of non-ortho nitro benzene ring substituents is 1. The minimum Gasteiger partial charge on any atom is -0.489 e. The van der Waals surface area contributed by atoms with Crippen LogP contribution in [-0.2, 0) is 0 Å². The first-order valence-corrected chi connectivity index (χ1v) is 7.99. The van der Waals surface area contributed by atoms with Crippen molar-refractivity contribution in [3.8, 4) is 11.5 Å². The van der Waals surface area contributed by atoms with Crippen LogP contribution in [0.5, 0.6) is 11.5 Å². The van der Waals surface area contributed by atoms with E-state index in [0.29, 0.717) is 40.1 Å². The van der Waals surface area contributed by atoms with Crippen molar-refractivity contribution in [2.75, 3.05) is 25.6 Å². The van der Waals surface area contributed by atoms with E-state index < -0.39 is 4.92 Å². The Morgan fingerprint density at radius 3 is 2.59 bits per heavy atom. The van der Waals surface area contributed by atoms with E-state index in [1.165, 1.54) is 17.4 Å². The molecule has 0 aliphatic carbocycles. The van der Waals surface area contributed by atoms with E-state index in [-0.39, 0.29) is 5.69 Å². The molecule has 22 heavy (non-hydrogen) atoms. The molecule has 0 aliphatic heterocycles. The largest absolute Gasteiger partial charge is 0.489 e. The van der Waals surface area contributed by atoms with Crippen molar-refractivity contribution in [3.05, 3.63) is 16.2 Å². The zero-order valence-corrected chi connectivity index (χ0v) is 13.7. The minimum atomic E-state index is -0.441. The molecule has 1 aromatic carbocycles. The van der Waals surface area contributed by atoms with Gasteiger partial charge in [0, 0.05) is 7.05 Å². The summed E-state index contributed by atoms with van der Waals surface area (Å²) in [5, 5.41) is 14.8. The van der Waals surface area contributed by atoms with Gasteiger partial charge in [-0.05, 0) is 12.8 Å². The molecule has 0 bridgehead atoms. The van der Waals surface area contributed by atoms with Crippen LogP contribution in [0.2, 0.25) is 0 Å². The molecule has 2 rings (SSSR count). The number of nitro benzene ring substituents is 1. The first kappa shape index (κ1) is 16.3. The molecule has 0 radical (unpaired) electrons. The number of hydrogen-bond acceptors (Lipinski definition) is 7. The summed E-state index contributed by atoms with van der Waals surface area (Å²) in [7, 11) is 1.73. The van der Waals surface area contributed by atoms with E-state index in [4.69, 9.17) is 9.47 Å². The molecular formula is C14H19N3O4S. The Labute approximate surface area is 132 Å². The second-order valence-corrected chi connectivity index (χ2v) is 5.62. The number of fused-ring (bicyclic) bond motifs is 1. The summed E-state index contributed by atoms with van der Waals surface area (Å²) in [4.78, 5) is 15.1. The van der Waals surface area contributed by atoms with E-state index >= 15 is 0 Å². The smallest absolute Gasteiger partial charge is 0.300 e. The monoisotopic (exact) mass is 325 g/mol. The van der Waals surface area contributed by atoms with Gasteiger partial charge in [-0.15, -0.1) is 0 Å². The molecule has 0 atom stereocenters. The van der Waals surface area contributed by atoms with Gasteiger partial charge in [-0.25, -0.2) is 4.98 Å². The van der Waals surface area contributed by atoms with Gasteiger partial charge in [0.15, 0.2) is 22.1 Å². The number of hydrogen-bond donors (Lipinski definition) is 1. The van der Waals surface area contributed by atoms with Gasteiger partial charge in [-0.2, -0.15) is 0 Å². The van der Waals surface area contributed by atoms with Gasteiger partial charge < -0.3 is 14.8 Å². The molecule has 8 heteroatoms. The van der Waals surface area contributed by atoms with Gasteiger partial charge in [-0.3, -0.25) is 10.1 Å². The summed E-state index contributed by atoms with van der Waals surface area (Å²) in [6.45, 7) is 4.97. The average molecular weight is 325 g/mol. The normalized spacial score (nSPS) is 10.7. The van der Waals surface area contributed by atoms with Crippen LogP contribution in [0, 0.1) is 10.1 Å². The van der Waals surface area contributed by atoms with Crippen molar-refractivity contribution in [2.24, 2.45) is 0 Å². The Morgan fingerprint density at radius 2 is 2.00 bits per heavy atom. The average Bonchev–Trinajstić information content (AvgIpc) is 2.94. The maximum Gasteiger partial charge on any atom is 0.300 e. The highest BCUT2D eigenvalue weighted by molar-refractivity contribution is 7.22. The summed E-state index contributed by atoms with van der Waals surface area (Å²) in [5.41, 5.74) is 0.261. The van der Waals surface area contributed by atoms with Crippen LogP contribution in [-0.4, -0.2) is 30.2 Å². The predicted octanol–water partition coefficient (Wildman–Crippen LogP) is 3.82. The minimum absolute atomic E-state index is 0.0669. The number of nitro groups is 1. The highest BCUT2D eigenvalue weighted by Gasteiger charge is 2.25. The maximum absolute atomic E-state index is 11.3. The number of nitrogens with one attached hydrogen (secondary N) is 1. The molecule has 0 fully saturated rings. The molecule has 1 heterocycles. The molecule has 1 aromatic heterocycles. The van der Waals surface area contributed by atoms with Crippen molar-refractivity contribution in [3.63, 3.8) is 0 Å². The lowest BCUT2D eigenvalue weighted by atomic mass is 10.2. The Balaban J connectivity index is 2.64. The topological polar surface area (TPSA) is 86.5 Å². The lowest BCUT2D eigenvalue weighted by Gasteiger charge is -2.12. The van der Waals surface area contributed by atoms with Crippen LogP contribution in [0.4, 0.5) is 10.8 Å². The maximum atomic E-state index is 11.3. The van der Waals surface area contributed by atoms with Gasteiger partial charge in [0.25, 0.3) is 5.69 Å². The fourth-order valence-corrected chi connectivity index (χ4v) is 2.86. The third-order valence-corrected chi connectivity index (χ3v) is 3.96. The SMILES string of the molecule is CCCOc1cc([N+](=O)[O-])c2nc(NC)sc2c1OCCC. The van der Waals surface area contributed by atoms with E-state index in [1.807, 2.05) is 13.8 Å². The van der Waals surface area contributed by atoms with Gasteiger partial charge >= 0.3 is 0 Å². The summed E-state index contributed by atoms with van der Waals surface area (Å²) < 4.78 is 12.1. The molecule has 7 nitrogen and oxygen atoms in total. The van der Waals surface area contributed by atoms with Gasteiger partial charge in [-0.1, -0.05) is 25.2 Å². The Hall–Kier alpha value is -2.09. The number of thiazole rings is 1. The molecule has 1 N–H and O–H groups in total. The quantitative estimate of drug-likeness (QED) is 0.586. The molecule has 0 spiro atoms. The Morgan fingerprint density at radius 1 is 1.32 bits per heavy atom. The highest BCUT2D eigenvalue weighted by Crippen LogP contribution is 2.45. The van der Waals surface area contributed by atoms with E-state index in [9.17, 15) is 10.1 Å². The summed E-state index contributed by atoms with van der Waals surface area (Å²) in [6.07, 6.45) is 1.65. The summed E-state index contributed by atoms with van der Waals surface area (Å²) in [6, 6.07) is 1.40. The van der Waals surface area contributed by atoms with Crippen LogP contribution in [0.3, 0.4) is 0 Å². The number of ether oxygens (including phenoxy) is 2. The first-order valence-electron chi connectivity index (χ1n) is 7.17. The lowest BCUT2D eigenvalue weighted by molar-refractivity contribution is -0.383. The number of anilines is 1. The summed E-state index contributed by atoms with van der Waals surface area (Å²) in [5.74, 6) is 0.940. The highest BCUT2D eigenvalue weighted by atomic mass is 32.1. The molecule has 0 aliphatic rings. The fraction of sp³-hybridized carbons (Fsp3) is 0.500. The fourth-order valence-electron chi connectivity index (χ4n) is 1.92. The third-order valence-electron chi connectivity index (χ3n) is 2.89. The van der Waals surface area contributed by atoms with Gasteiger partial charge in [0.2, 0.25) is 0 Å². The molecule has 2 aromatic rings. The van der Waals surface area contributed by atoms with Crippen molar-refractivity contribution in [1.82, 2.24) is 4.98 Å². The standard InChI is InChI=1S/C14H19N3O4S/c1-4-6-20-10-8-9(17(18)19)11-13(12(10)21-7-5-2)22-14(15-3)16-11/h8H,4-7H2,1-3H3,(H,15,16). The molecule has 0 saturated carbocycles. The van der Waals surface area contributed by atoms with E-state index in [0.717, 1.165) is 12.8 Å². The van der Waals surface area contributed by atoms with Crippen LogP contribution < -0.4 is 14.8 Å². The van der Waals surface area contributed by atoms with Gasteiger partial charge in [0.1, 0.15) is 4.70 Å². The number of nitrogens with zero attached hydrogens (tertiary/aromatic N) is 2. The van der Waals surface area contributed by atoms with Crippen molar-refractivity contribution < 1.29 is 14.4 Å². The van der Waals surface area contributed by atoms with E-state index in [1.54, 1.807) is 7.05 Å². The molecule has 0 unspecified atom stereocenters. The van der Waals surface area contributed by atoms with Crippen molar-refractivity contribution >= 4 is 32.4 Å². The second-order valence-electron chi connectivity index (χ2n) is 4.62. The molecule has 0 saturated heterocycles. The van der Waals surface area contributed by atoms with E-state index in [2.05, 4.69) is 10.3 Å². The van der Waals surface area contributed by atoms with Gasteiger partial charge in [0.05, 0.1) is 24.2 Å². The second kappa shape index (κ2) is 7.26. The molecule has 120 valence electrons. The van der Waals surface area contributed by atoms with Crippen LogP contribution >= 0.6 is 11.3 Å². The number of aromatic nitrogens is 1. The van der Waals surface area contributed by atoms with Crippen LogP contribution in [0.25, 0.3) is 10.2 Å². The lowest BCUT2D eigenvalue weighted by Crippen LogP contribution is -2.02. The number of rotatable bonds is 8. The summed E-state index contributed by atoms with van der Waals surface area (Å²) >= 11 is 1.32. The molecular weight excluding hydrogens is 306 g/mol. The Bertz CT molecular complexity index is 672.